The van der Waals surface area contributed by atoms with Crippen molar-refractivity contribution in [1.82, 2.24) is 0 Å². The lowest BCUT2D eigenvalue weighted by atomic mass is 10.1. The smallest absolute Gasteiger partial charge is 0.348 e. The predicted octanol–water partition coefficient (Wildman–Crippen LogP) is 2.77. The molecule has 1 aromatic carbocycles. The van der Waals surface area contributed by atoms with Crippen LogP contribution in [0.15, 0.2) is 29.8 Å². The van der Waals surface area contributed by atoms with Crippen LogP contribution in [0.3, 0.4) is 0 Å². The average Bonchev–Trinajstić information content (AvgIpc) is 2.61. The van der Waals surface area contributed by atoms with Gasteiger partial charge >= 0.3 is 5.97 Å². The van der Waals surface area contributed by atoms with Crippen LogP contribution in [0.1, 0.15) is 24.8 Å². The number of ether oxygens (including phenoxy) is 2. The zero-order valence-electron chi connectivity index (χ0n) is 13.5. The van der Waals surface area contributed by atoms with Gasteiger partial charge in [0.05, 0.1) is 6.61 Å². The van der Waals surface area contributed by atoms with Gasteiger partial charge < -0.3 is 14.4 Å². The van der Waals surface area contributed by atoms with E-state index in [1.165, 1.54) is 32.1 Å². The Balaban J connectivity index is 2.02. The molecule has 0 saturated carbocycles. The normalized spacial score (nSPS) is 15.1. The molecule has 2 rings (SSSR count). The molecule has 122 valence electrons. The van der Waals surface area contributed by atoms with Crippen LogP contribution >= 0.6 is 0 Å². The summed E-state index contributed by atoms with van der Waals surface area (Å²) in [6, 6.07) is 9.79. The molecule has 1 heterocycles. The van der Waals surface area contributed by atoms with Gasteiger partial charge in [0.1, 0.15) is 18.2 Å². The second kappa shape index (κ2) is 8.96. The number of hydrogen-bond acceptors (Lipinski definition) is 5. The number of carbonyl (C=O) groups excluding carboxylic acids is 1. The van der Waals surface area contributed by atoms with E-state index in [0.29, 0.717) is 6.61 Å². The SMILES string of the molecule is COCCOC(=O)C(C#N)=Cc1ccc(N2CCCCC2)cc1. The molecule has 0 bridgehead atoms. The second-order valence-electron chi connectivity index (χ2n) is 5.44. The zero-order chi connectivity index (χ0) is 16.5. The number of esters is 1. The lowest BCUT2D eigenvalue weighted by molar-refractivity contribution is -0.139. The van der Waals surface area contributed by atoms with Gasteiger partial charge in [0.15, 0.2) is 0 Å². The van der Waals surface area contributed by atoms with Crippen LogP contribution in [0.4, 0.5) is 5.69 Å². The Morgan fingerprint density at radius 3 is 2.52 bits per heavy atom. The molecule has 0 aromatic heterocycles. The van der Waals surface area contributed by atoms with E-state index in [2.05, 4.69) is 4.90 Å². The molecule has 0 N–H and O–H groups in total. The van der Waals surface area contributed by atoms with Gasteiger partial charge in [-0.3, -0.25) is 0 Å². The van der Waals surface area contributed by atoms with Crippen molar-refractivity contribution < 1.29 is 14.3 Å². The van der Waals surface area contributed by atoms with Gasteiger partial charge in [-0.25, -0.2) is 4.79 Å². The Morgan fingerprint density at radius 1 is 1.22 bits per heavy atom. The average molecular weight is 314 g/mol. The fraction of sp³-hybridized carbons (Fsp3) is 0.444. The monoisotopic (exact) mass is 314 g/mol. The summed E-state index contributed by atoms with van der Waals surface area (Å²) in [6.07, 6.45) is 5.31. The quantitative estimate of drug-likeness (QED) is 0.350. The molecule has 0 radical (unpaired) electrons. The van der Waals surface area contributed by atoms with Gasteiger partial charge in [-0.1, -0.05) is 12.1 Å². The lowest BCUT2D eigenvalue weighted by Gasteiger charge is -2.28. The number of rotatable bonds is 6. The molecule has 23 heavy (non-hydrogen) atoms. The molecule has 0 atom stereocenters. The first-order valence-electron chi connectivity index (χ1n) is 7.87. The Kier molecular flexibility index (Phi) is 6.64. The first-order valence-corrected chi connectivity index (χ1v) is 7.87. The fourth-order valence-corrected chi connectivity index (χ4v) is 2.53. The number of hydrogen-bond donors (Lipinski definition) is 0. The molecular weight excluding hydrogens is 292 g/mol. The van der Waals surface area contributed by atoms with Crippen LogP contribution < -0.4 is 4.90 Å². The summed E-state index contributed by atoms with van der Waals surface area (Å²) in [5.41, 5.74) is 1.99. The summed E-state index contributed by atoms with van der Waals surface area (Å²) in [6.45, 7) is 2.63. The Morgan fingerprint density at radius 2 is 1.91 bits per heavy atom. The minimum atomic E-state index is -0.621. The van der Waals surface area contributed by atoms with Crippen molar-refractivity contribution >= 4 is 17.7 Å². The minimum Gasteiger partial charge on any atom is -0.459 e. The number of piperidine rings is 1. The fourth-order valence-electron chi connectivity index (χ4n) is 2.53. The standard InChI is InChI=1S/C18H22N2O3/c1-22-11-12-23-18(21)16(14-19)13-15-5-7-17(8-6-15)20-9-3-2-4-10-20/h5-8,13H,2-4,9-12H2,1H3. The maximum atomic E-state index is 11.8. The van der Waals surface area contributed by atoms with Crippen LogP contribution in [0.2, 0.25) is 0 Å². The molecule has 0 spiro atoms. The molecular formula is C18H22N2O3. The van der Waals surface area contributed by atoms with Gasteiger partial charge in [0, 0.05) is 25.9 Å². The first kappa shape index (κ1) is 17.0. The summed E-state index contributed by atoms with van der Waals surface area (Å²) in [7, 11) is 1.53. The highest BCUT2D eigenvalue weighted by Crippen LogP contribution is 2.21. The Bertz CT molecular complexity index is 581. The molecule has 1 aliphatic heterocycles. The Hall–Kier alpha value is -2.32. The highest BCUT2D eigenvalue weighted by molar-refractivity contribution is 5.97. The number of benzene rings is 1. The highest BCUT2D eigenvalue weighted by atomic mass is 16.6. The number of nitriles is 1. The summed E-state index contributed by atoms with van der Waals surface area (Å²) >= 11 is 0. The van der Waals surface area contributed by atoms with Crippen molar-refractivity contribution in [1.29, 1.82) is 5.26 Å². The van der Waals surface area contributed by atoms with Gasteiger partial charge in [0.25, 0.3) is 0 Å². The molecule has 0 unspecified atom stereocenters. The first-order chi connectivity index (χ1) is 11.2. The summed E-state index contributed by atoms with van der Waals surface area (Å²) in [5.74, 6) is -0.621. The van der Waals surface area contributed by atoms with E-state index in [4.69, 9.17) is 14.7 Å². The van der Waals surface area contributed by atoms with Crippen molar-refractivity contribution in [3.05, 3.63) is 35.4 Å². The van der Waals surface area contributed by atoms with Gasteiger partial charge in [-0.2, -0.15) is 5.26 Å². The van der Waals surface area contributed by atoms with Crippen LogP contribution in [-0.4, -0.2) is 39.4 Å². The summed E-state index contributed by atoms with van der Waals surface area (Å²) in [5, 5.41) is 9.11. The van der Waals surface area contributed by atoms with Crippen LogP contribution in [0.25, 0.3) is 6.08 Å². The maximum Gasteiger partial charge on any atom is 0.348 e. The number of carbonyl (C=O) groups is 1. The minimum absolute atomic E-state index is 0.00757. The molecule has 1 saturated heterocycles. The van der Waals surface area contributed by atoms with E-state index < -0.39 is 5.97 Å². The van der Waals surface area contributed by atoms with Crippen molar-refractivity contribution in [3.63, 3.8) is 0 Å². The third-order valence-corrected chi connectivity index (χ3v) is 3.79. The van der Waals surface area contributed by atoms with Crippen LogP contribution in [-0.2, 0) is 14.3 Å². The second-order valence-corrected chi connectivity index (χ2v) is 5.44. The van der Waals surface area contributed by atoms with Gasteiger partial charge in [-0.05, 0) is 43.0 Å². The molecule has 0 amide bonds. The highest BCUT2D eigenvalue weighted by Gasteiger charge is 2.12. The number of nitrogens with zero attached hydrogens (tertiary/aromatic N) is 2. The molecule has 1 aliphatic rings. The number of anilines is 1. The van der Waals surface area contributed by atoms with Crippen molar-refractivity contribution in [2.45, 2.75) is 19.3 Å². The van der Waals surface area contributed by atoms with E-state index in [0.717, 1.165) is 18.7 Å². The molecule has 5 heteroatoms. The van der Waals surface area contributed by atoms with Gasteiger partial charge in [0.2, 0.25) is 0 Å². The third-order valence-electron chi connectivity index (χ3n) is 3.79. The van der Waals surface area contributed by atoms with E-state index in [1.54, 1.807) is 6.08 Å². The summed E-state index contributed by atoms with van der Waals surface area (Å²) < 4.78 is 9.77. The molecule has 1 fully saturated rings. The topological polar surface area (TPSA) is 62.6 Å². The van der Waals surface area contributed by atoms with Crippen molar-refractivity contribution in [3.8, 4) is 6.07 Å². The van der Waals surface area contributed by atoms with Crippen LogP contribution in [0.5, 0.6) is 0 Å². The molecule has 0 aliphatic carbocycles. The van der Waals surface area contributed by atoms with E-state index in [1.807, 2.05) is 30.3 Å². The van der Waals surface area contributed by atoms with Gasteiger partial charge in [-0.15, -0.1) is 0 Å². The van der Waals surface area contributed by atoms with Crippen LogP contribution in [0, 0.1) is 11.3 Å². The van der Waals surface area contributed by atoms with E-state index >= 15 is 0 Å². The zero-order valence-corrected chi connectivity index (χ0v) is 13.5. The molecule has 5 nitrogen and oxygen atoms in total. The van der Waals surface area contributed by atoms with Crippen molar-refractivity contribution in [2.24, 2.45) is 0 Å². The predicted molar refractivity (Wildman–Crippen MR) is 88.9 cm³/mol. The van der Waals surface area contributed by atoms with E-state index in [9.17, 15) is 4.79 Å². The summed E-state index contributed by atoms with van der Waals surface area (Å²) in [4.78, 5) is 14.2. The number of methoxy groups -OCH3 is 1. The largest absolute Gasteiger partial charge is 0.459 e. The molecule has 1 aromatic rings. The van der Waals surface area contributed by atoms with Crippen molar-refractivity contribution in [2.75, 3.05) is 38.3 Å². The van der Waals surface area contributed by atoms with E-state index in [-0.39, 0.29) is 12.2 Å². The lowest BCUT2D eigenvalue weighted by Crippen LogP contribution is -2.29. The maximum absolute atomic E-state index is 11.8. The Labute approximate surface area is 137 Å². The third kappa shape index (κ3) is 5.11.